The van der Waals surface area contributed by atoms with Gasteiger partial charge in [-0.05, 0) is 18.6 Å². The van der Waals surface area contributed by atoms with Crippen molar-refractivity contribution in [2.75, 3.05) is 0 Å². The third kappa shape index (κ3) is 1.96. The fraction of sp³-hybridized carbons (Fsp3) is 0.0714. The molecule has 0 aliphatic heterocycles. The van der Waals surface area contributed by atoms with Gasteiger partial charge in [0.25, 0.3) is 0 Å². The highest BCUT2D eigenvalue weighted by Crippen LogP contribution is 2.22. The predicted octanol–water partition coefficient (Wildman–Crippen LogP) is 3.59. The molecule has 0 amide bonds. The van der Waals surface area contributed by atoms with Crippen LogP contribution in [0.3, 0.4) is 0 Å². The molecule has 1 aromatic heterocycles. The first-order chi connectivity index (χ1) is 7.68. The van der Waals surface area contributed by atoms with E-state index in [1.165, 1.54) is 0 Å². The highest BCUT2D eigenvalue weighted by Gasteiger charge is 2.05. The van der Waals surface area contributed by atoms with E-state index < -0.39 is 0 Å². The molecule has 0 aliphatic rings. The van der Waals surface area contributed by atoms with E-state index in [2.05, 4.69) is 11.6 Å². The van der Waals surface area contributed by atoms with E-state index in [9.17, 15) is 5.11 Å². The summed E-state index contributed by atoms with van der Waals surface area (Å²) in [6, 6.07) is 11.9. The van der Waals surface area contributed by atoms with E-state index >= 15 is 0 Å². The van der Waals surface area contributed by atoms with Crippen molar-refractivity contribution in [1.29, 1.82) is 0 Å². The van der Waals surface area contributed by atoms with E-state index in [1.54, 1.807) is 6.20 Å². The molecule has 2 heteroatoms. The Morgan fingerprint density at radius 3 is 2.50 bits per heavy atom. The van der Waals surface area contributed by atoms with Crippen molar-refractivity contribution < 1.29 is 5.11 Å². The smallest absolute Gasteiger partial charge is 0.117 e. The first-order valence-corrected chi connectivity index (χ1v) is 5.09. The lowest BCUT2D eigenvalue weighted by molar-refractivity contribution is 0.513. The maximum Gasteiger partial charge on any atom is 0.117 e. The summed E-state index contributed by atoms with van der Waals surface area (Å²) in [5.41, 5.74) is 3.71. The monoisotopic (exact) mass is 211 g/mol. The topological polar surface area (TPSA) is 33.1 Å². The van der Waals surface area contributed by atoms with Crippen LogP contribution in [-0.2, 0) is 0 Å². The minimum Gasteiger partial charge on any atom is -0.508 e. The Morgan fingerprint density at radius 1 is 1.25 bits per heavy atom. The van der Waals surface area contributed by atoms with E-state index in [0.717, 1.165) is 16.8 Å². The van der Waals surface area contributed by atoms with Gasteiger partial charge in [0.2, 0.25) is 0 Å². The van der Waals surface area contributed by atoms with Gasteiger partial charge >= 0.3 is 0 Å². The molecule has 0 bridgehead atoms. The Kier molecular flexibility index (Phi) is 2.73. The lowest BCUT2D eigenvalue weighted by Crippen LogP contribution is -1.91. The molecule has 80 valence electrons. The molecule has 0 saturated carbocycles. The normalized spacial score (nSPS) is 10.1. The number of aromatic nitrogens is 1. The molecule has 16 heavy (non-hydrogen) atoms. The van der Waals surface area contributed by atoms with Crippen LogP contribution in [0.2, 0.25) is 0 Å². The Bertz CT molecular complexity index is 518. The summed E-state index contributed by atoms with van der Waals surface area (Å²) in [6.07, 6.45) is 1.64. The van der Waals surface area contributed by atoms with Crippen LogP contribution in [0, 0.1) is 6.92 Å². The van der Waals surface area contributed by atoms with Crippen molar-refractivity contribution in [2.45, 2.75) is 6.92 Å². The first kappa shape index (κ1) is 10.4. The van der Waals surface area contributed by atoms with Crippen molar-refractivity contribution in [3.05, 3.63) is 60.3 Å². The minimum absolute atomic E-state index is 0.0511. The van der Waals surface area contributed by atoms with Gasteiger partial charge in [0.1, 0.15) is 5.76 Å². The molecule has 0 spiro atoms. The molecule has 0 fully saturated rings. The van der Waals surface area contributed by atoms with Gasteiger partial charge in [-0.1, -0.05) is 36.9 Å². The van der Waals surface area contributed by atoms with Crippen LogP contribution < -0.4 is 0 Å². The van der Waals surface area contributed by atoms with Gasteiger partial charge < -0.3 is 5.11 Å². The van der Waals surface area contributed by atoms with Crippen LogP contribution in [0.15, 0.2) is 49.2 Å². The zero-order valence-electron chi connectivity index (χ0n) is 9.14. The van der Waals surface area contributed by atoms with Crippen molar-refractivity contribution in [3.63, 3.8) is 0 Å². The Balaban J connectivity index is 2.48. The summed E-state index contributed by atoms with van der Waals surface area (Å²) in [5.74, 6) is 0.0511. The summed E-state index contributed by atoms with van der Waals surface area (Å²) in [5, 5.41) is 9.28. The predicted molar refractivity (Wildman–Crippen MR) is 66.1 cm³/mol. The van der Waals surface area contributed by atoms with E-state index in [1.807, 2.05) is 43.3 Å². The first-order valence-electron chi connectivity index (χ1n) is 5.09. The highest BCUT2D eigenvalue weighted by molar-refractivity contribution is 5.66. The number of hydrogen-bond donors (Lipinski definition) is 1. The quantitative estimate of drug-likeness (QED) is 0.770. The molecular formula is C14H13NO. The van der Waals surface area contributed by atoms with Gasteiger partial charge in [-0.25, -0.2) is 0 Å². The molecule has 1 N–H and O–H groups in total. The van der Waals surface area contributed by atoms with Crippen LogP contribution in [0.1, 0.15) is 11.1 Å². The van der Waals surface area contributed by atoms with Gasteiger partial charge in [0.15, 0.2) is 0 Å². The largest absolute Gasteiger partial charge is 0.508 e. The number of pyridine rings is 1. The molecule has 1 heterocycles. The van der Waals surface area contributed by atoms with Crippen LogP contribution in [0.25, 0.3) is 17.0 Å². The van der Waals surface area contributed by atoms with Crippen molar-refractivity contribution in [3.8, 4) is 11.3 Å². The second-order valence-electron chi connectivity index (χ2n) is 3.70. The standard InChI is InChI=1S/C14H13NO/c1-10-8-13(11(2)16)9-15-14(10)12-6-4-3-5-7-12/h3-9,16H,2H2,1H3. The SMILES string of the molecule is C=C(O)c1cnc(-c2ccccc2)c(C)c1. The molecular weight excluding hydrogens is 198 g/mol. The number of rotatable bonds is 2. The molecule has 0 unspecified atom stereocenters. The van der Waals surface area contributed by atoms with Crippen LogP contribution in [0.5, 0.6) is 0 Å². The molecule has 0 radical (unpaired) electrons. The van der Waals surface area contributed by atoms with E-state index in [4.69, 9.17) is 0 Å². The number of aryl methyl sites for hydroxylation is 1. The number of benzene rings is 1. The lowest BCUT2D eigenvalue weighted by atomic mass is 10.1. The van der Waals surface area contributed by atoms with Crippen molar-refractivity contribution >= 4 is 5.76 Å². The maximum absolute atomic E-state index is 9.28. The van der Waals surface area contributed by atoms with Gasteiger partial charge in [-0.15, -0.1) is 0 Å². The summed E-state index contributed by atoms with van der Waals surface area (Å²) < 4.78 is 0. The maximum atomic E-state index is 9.28. The number of hydrogen-bond acceptors (Lipinski definition) is 2. The molecule has 1 aromatic carbocycles. The molecule has 0 atom stereocenters. The molecule has 2 aromatic rings. The molecule has 2 rings (SSSR count). The summed E-state index contributed by atoms with van der Waals surface area (Å²) in [7, 11) is 0. The Morgan fingerprint density at radius 2 is 1.94 bits per heavy atom. The fourth-order valence-corrected chi connectivity index (χ4v) is 1.63. The van der Waals surface area contributed by atoms with Crippen molar-refractivity contribution in [1.82, 2.24) is 4.98 Å². The average molecular weight is 211 g/mol. The van der Waals surface area contributed by atoms with Gasteiger partial charge in [0, 0.05) is 17.3 Å². The second kappa shape index (κ2) is 4.19. The Hall–Kier alpha value is -2.09. The van der Waals surface area contributed by atoms with Crippen LogP contribution >= 0.6 is 0 Å². The molecule has 2 nitrogen and oxygen atoms in total. The van der Waals surface area contributed by atoms with Gasteiger partial charge in [0.05, 0.1) is 5.69 Å². The third-order valence-electron chi connectivity index (χ3n) is 2.46. The van der Waals surface area contributed by atoms with Crippen LogP contribution in [0.4, 0.5) is 0 Å². The summed E-state index contributed by atoms with van der Waals surface area (Å²) >= 11 is 0. The zero-order valence-corrected chi connectivity index (χ0v) is 9.14. The van der Waals surface area contributed by atoms with E-state index in [0.29, 0.717) is 5.56 Å². The lowest BCUT2D eigenvalue weighted by Gasteiger charge is -2.06. The molecule has 0 saturated heterocycles. The second-order valence-corrected chi connectivity index (χ2v) is 3.70. The third-order valence-corrected chi connectivity index (χ3v) is 2.46. The fourth-order valence-electron chi connectivity index (χ4n) is 1.63. The zero-order chi connectivity index (χ0) is 11.5. The highest BCUT2D eigenvalue weighted by atomic mass is 16.3. The number of aliphatic hydroxyl groups is 1. The van der Waals surface area contributed by atoms with E-state index in [-0.39, 0.29) is 5.76 Å². The van der Waals surface area contributed by atoms with Crippen LogP contribution in [-0.4, -0.2) is 10.1 Å². The van der Waals surface area contributed by atoms with Gasteiger partial charge in [-0.2, -0.15) is 0 Å². The van der Waals surface area contributed by atoms with Crippen molar-refractivity contribution in [2.24, 2.45) is 0 Å². The van der Waals surface area contributed by atoms with Gasteiger partial charge in [-0.3, -0.25) is 4.98 Å². The minimum atomic E-state index is 0.0511. The molecule has 0 aliphatic carbocycles. The number of aliphatic hydroxyl groups excluding tert-OH is 1. The summed E-state index contributed by atoms with van der Waals surface area (Å²) in [6.45, 7) is 5.46. The average Bonchev–Trinajstić information content (AvgIpc) is 2.30. The Labute approximate surface area is 94.9 Å². The number of nitrogens with zero attached hydrogens (tertiary/aromatic N) is 1. The summed E-state index contributed by atoms with van der Waals surface area (Å²) in [4.78, 5) is 4.35.